The molecule has 3 heterocycles. The molecule has 0 aromatic heterocycles. The number of likely N-dealkylation sites (tertiary alicyclic amines) is 1. The Morgan fingerprint density at radius 2 is 1.86 bits per heavy atom. The predicted molar refractivity (Wildman–Crippen MR) is 123 cm³/mol. The van der Waals surface area contributed by atoms with Crippen molar-refractivity contribution in [2.75, 3.05) is 72.6 Å². The minimum absolute atomic E-state index is 0. The standard InChI is InChI=1S/C20H35N5O2.HI/c1-21-20(22-8-5-18-6-15-27-16-7-18)25-13-11-23(12-14-25)17-19(26)24-9-3-2-4-10-24;/h6H,2-5,7-17H2,1H3,(H,21,22);1H. The zero-order valence-corrected chi connectivity index (χ0v) is 19.5. The van der Waals surface area contributed by atoms with E-state index in [0.717, 1.165) is 90.7 Å². The van der Waals surface area contributed by atoms with E-state index < -0.39 is 0 Å². The Kier molecular flexibility index (Phi) is 10.6. The molecule has 2 saturated heterocycles. The first-order chi connectivity index (χ1) is 13.3. The van der Waals surface area contributed by atoms with Crippen molar-refractivity contribution in [1.82, 2.24) is 20.0 Å². The average molecular weight is 505 g/mol. The van der Waals surface area contributed by atoms with Gasteiger partial charge in [-0.2, -0.15) is 0 Å². The third kappa shape index (κ3) is 7.18. The summed E-state index contributed by atoms with van der Waals surface area (Å²) in [6.07, 6.45) is 7.87. The molecule has 0 saturated carbocycles. The van der Waals surface area contributed by atoms with Gasteiger partial charge < -0.3 is 19.9 Å². The minimum Gasteiger partial charge on any atom is -0.377 e. The van der Waals surface area contributed by atoms with Crippen LogP contribution in [-0.4, -0.2) is 99.2 Å². The van der Waals surface area contributed by atoms with E-state index in [4.69, 9.17) is 4.74 Å². The van der Waals surface area contributed by atoms with Crippen LogP contribution < -0.4 is 5.32 Å². The molecule has 0 aliphatic carbocycles. The van der Waals surface area contributed by atoms with Gasteiger partial charge in [0.05, 0.1) is 19.8 Å². The molecule has 28 heavy (non-hydrogen) atoms. The highest BCUT2D eigenvalue weighted by Crippen LogP contribution is 2.12. The van der Waals surface area contributed by atoms with Gasteiger partial charge in [-0.3, -0.25) is 14.7 Å². The molecule has 0 unspecified atom stereocenters. The number of carbonyl (C=O) groups is 1. The number of piperazine rings is 1. The van der Waals surface area contributed by atoms with Gasteiger partial charge in [-0.25, -0.2) is 0 Å². The van der Waals surface area contributed by atoms with Gasteiger partial charge in [0, 0.05) is 52.9 Å². The van der Waals surface area contributed by atoms with Gasteiger partial charge in [0.25, 0.3) is 0 Å². The molecule has 0 atom stereocenters. The molecule has 7 nitrogen and oxygen atoms in total. The number of amides is 1. The summed E-state index contributed by atoms with van der Waals surface area (Å²) in [7, 11) is 1.85. The van der Waals surface area contributed by atoms with E-state index in [9.17, 15) is 4.79 Å². The Morgan fingerprint density at radius 3 is 2.50 bits per heavy atom. The van der Waals surface area contributed by atoms with Gasteiger partial charge in [0.15, 0.2) is 5.96 Å². The van der Waals surface area contributed by atoms with E-state index in [-0.39, 0.29) is 24.0 Å². The number of carbonyl (C=O) groups excluding carboxylic acids is 1. The molecule has 0 bridgehead atoms. The number of hydrogen-bond acceptors (Lipinski definition) is 4. The number of nitrogens with one attached hydrogen (secondary N) is 1. The molecule has 0 aromatic rings. The largest absolute Gasteiger partial charge is 0.377 e. The average Bonchev–Trinajstić information content (AvgIpc) is 2.73. The molecule has 1 amide bonds. The summed E-state index contributed by atoms with van der Waals surface area (Å²) in [6.45, 7) is 8.64. The fraction of sp³-hybridized carbons (Fsp3) is 0.800. The number of halogens is 1. The predicted octanol–water partition coefficient (Wildman–Crippen LogP) is 1.55. The number of guanidine groups is 1. The van der Waals surface area contributed by atoms with Crippen LogP contribution in [0.4, 0.5) is 0 Å². The number of rotatable bonds is 5. The Labute approximate surface area is 186 Å². The first-order valence-corrected chi connectivity index (χ1v) is 10.5. The Hall–Kier alpha value is -0.870. The van der Waals surface area contributed by atoms with Crippen molar-refractivity contribution in [3.63, 3.8) is 0 Å². The molecule has 0 spiro atoms. The topological polar surface area (TPSA) is 60.4 Å². The minimum atomic E-state index is 0. The Bertz CT molecular complexity index is 541. The molecule has 1 N–H and O–H groups in total. The van der Waals surface area contributed by atoms with Gasteiger partial charge in [-0.15, -0.1) is 24.0 Å². The van der Waals surface area contributed by atoms with E-state index >= 15 is 0 Å². The van der Waals surface area contributed by atoms with E-state index in [1.165, 1.54) is 12.0 Å². The normalized spacial score (nSPS) is 21.8. The van der Waals surface area contributed by atoms with Crippen molar-refractivity contribution in [3.8, 4) is 0 Å². The number of hydrogen-bond donors (Lipinski definition) is 1. The SMILES string of the molecule is CN=C(NCCC1=CCOCC1)N1CCN(CC(=O)N2CCCCC2)CC1.I. The first-order valence-electron chi connectivity index (χ1n) is 10.5. The summed E-state index contributed by atoms with van der Waals surface area (Å²) in [5.41, 5.74) is 1.48. The Morgan fingerprint density at radius 1 is 1.11 bits per heavy atom. The van der Waals surface area contributed by atoms with Gasteiger partial charge in [-0.1, -0.05) is 11.6 Å². The highest BCUT2D eigenvalue weighted by Gasteiger charge is 2.24. The number of aliphatic imine (C=N–C) groups is 1. The van der Waals surface area contributed by atoms with Crippen LogP contribution in [0.5, 0.6) is 0 Å². The van der Waals surface area contributed by atoms with E-state index in [0.29, 0.717) is 12.5 Å². The highest BCUT2D eigenvalue weighted by molar-refractivity contribution is 14.0. The molecule has 8 heteroatoms. The zero-order valence-electron chi connectivity index (χ0n) is 17.2. The number of ether oxygens (including phenoxy) is 1. The van der Waals surface area contributed by atoms with Gasteiger partial charge >= 0.3 is 0 Å². The zero-order chi connectivity index (χ0) is 18.9. The maximum Gasteiger partial charge on any atom is 0.236 e. The third-order valence-electron chi connectivity index (χ3n) is 5.74. The van der Waals surface area contributed by atoms with Crippen molar-refractivity contribution in [2.45, 2.75) is 32.1 Å². The van der Waals surface area contributed by atoms with E-state index in [2.05, 4.69) is 26.2 Å². The van der Waals surface area contributed by atoms with Crippen molar-refractivity contribution in [1.29, 1.82) is 0 Å². The lowest BCUT2D eigenvalue weighted by Crippen LogP contribution is -2.54. The van der Waals surface area contributed by atoms with Crippen molar-refractivity contribution in [3.05, 3.63) is 11.6 Å². The second-order valence-electron chi connectivity index (χ2n) is 7.62. The molecule has 0 aromatic carbocycles. The van der Waals surface area contributed by atoms with Crippen molar-refractivity contribution in [2.24, 2.45) is 4.99 Å². The van der Waals surface area contributed by atoms with Crippen molar-refractivity contribution < 1.29 is 9.53 Å². The summed E-state index contributed by atoms with van der Waals surface area (Å²) in [5.74, 6) is 1.28. The number of nitrogens with zero attached hydrogens (tertiary/aromatic N) is 4. The van der Waals surface area contributed by atoms with Crippen LogP contribution in [0.25, 0.3) is 0 Å². The van der Waals surface area contributed by atoms with E-state index in [1.807, 2.05) is 11.9 Å². The summed E-state index contributed by atoms with van der Waals surface area (Å²) >= 11 is 0. The lowest BCUT2D eigenvalue weighted by atomic mass is 10.1. The quantitative estimate of drug-likeness (QED) is 0.266. The molecule has 3 aliphatic heterocycles. The van der Waals surface area contributed by atoms with Gasteiger partial charge in [0.2, 0.25) is 5.91 Å². The van der Waals surface area contributed by atoms with Crippen LogP contribution in [0.15, 0.2) is 16.6 Å². The summed E-state index contributed by atoms with van der Waals surface area (Å²) in [6, 6.07) is 0. The number of piperidine rings is 1. The van der Waals surface area contributed by atoms with Crippen molar-refractivity contribution >= 4 is 35.8 Å². The van der Waals surface area contributed by atoms with Crippen LogP contribution in [0.1, 0.15) is 32.1 Å². The fourth-order valence-electron chi connectivity index (χ4n) is 4.01. The van der Waals surface area contributed by atoms with E-state index in [1.54, 1.807) is 0 Å². The first kappa shape index (κ1) is 23.4. The molecule has 160 valence electrons. The smallest absolute Gasteiger partial charge is 0.236 e. The Balaban J connectivity index is 0.00000280. The molecule has 3 aliphatic rings. The molecular weight excluding hydrogens is 469 g/mol. The molecular formula is C20H36IN5O2. The monoisotopic (exact) mass is 505 g/mol. The second-order valence-corrected chi connectivity index (χ2v) is 7.62. The van der Waals surface area contributed by atoms with Crippen LogP contribution in [-0.2, 0) is 9.53 Å². The summed E-state index contributed by atoms with van der Waals surface area (Å²) < 4.78 is 5.36. The van der Waals surface area contributed by atoms with Gasteiger partial charge in [0.1, 0.15) is 0 Å². The summed E-state index contributed by atoms with van der Waals surface area (Å²) in [5, 5.41) is 3.49. The maximum atomic E-state index is 12.4. The molecule has 3 rings (SSSR count). The fourth-order valence-corrected chi connectivity index (χ4v) is 4.01. The van der Waals surface area contributed by atoms with Gasteiger partial charge in [-0.05, 0) is 32.1 Å². The second kappa shape index (κ2) is 12.6. The van der Waals surface area contributed by atoms with Crippen LogP contribution in [0, 0.1) is 0 Å². The summed E-state index contributed by atoms with van der Waals surface area (Å²) in [4.78, 5) is 23.5. The van der Waals surface area contributed by atoms with Crippen LogP contribution >= 0.6 is 24.0 Å². The van der Waals surface area contributed by atoms with Crippen LogP contribution in [0.2, 0.25) is 0 Å². The third-order valence-corrected chi connectivity index (χ3v) is 5.74. The molecule has 0 radical (unpaired) electrons. The maximum absolute atomic E-state index is 12.4. The highest BCUT2D eigenvalue weighted by atomic mass is 127. The van der Waals surface area contributed by atoms with Crippen LogP contribution in [0.3, 0.4) is 0 Å². The lowest BCUT2D eigenvalue weighted by molar-refractivity contribution is -0.133. The molecule has 2 fully saturated rings. The lowest BCUT2D eigenvalue weighted by Gasteiger charge is -2.37.